The van der Waals surface area contributed by atoms with Gasteiger partial charge in [-0.25, -0.2) is 0 Å². The van der Waals surface area contributed by atoms with Crippen LogP contribution in [0.2, 0.25) is 0 Å². The molecular formula is C19H17BrN4OS. The predicted molar refractivity (Wildman–Crippen MR) is 112 cm³/mol. The second kappa shape index (κ2) is 8.25. The molecule has 0 fully saturated rings. The highest BCUT2D eigenvalue weighted by atomic mass is 79.9. The van der Waals surface area contributed by atoms with E-state index in [1.807, 2.05) is 35.1 Å². The van der Waals surface area contributed by atoms with Gasteiger partial charge in [0.2, 0.25) is 0 Å². The summed E-state index contributed by atoms with van der Waals surface area (Å²) in [5.41, 5.74) is 3.45. The van der Waals surface area contributed by atoms with Gasteiger partial charge in [0.25, 0.3) is 0 Å². The number of rotatable bonds is 5. The van der Waals surface area contributed by atoms with Gasteiger partial charge in [0.05, 0.1) is 18.4 Å². The lowest BCUT2D eigenvalue weighted by atomic mass is 10.1. The van der Waals surface area contributed by atoms with Crippen LogP contribution in [0.15, 0.2) is 65.4 Å². The number of carbonyl (C=O) groups is 1. The number of nitrogens with zero attached hydrogens (tertiary/aromatic N) is 2. The summed E-state index contributed by atoms with van der Waals surface area (Å²) in [4.78, 5) is 11.3. The molecule has 0 saturated carbocycles. The van der Waals surface area contributed by atoms with Crippen LogP contribution in [-0.2, 0) is 6.54 Å². The second-order valence-electron chi connectivity index (χ2n) is 5.77. The normalized spacial score (nSPS) is 10.4. The third-order valence-corrected chi connectivity index (χ3v) is 4.43. The Morgan fingerprint density at radius 1 is 1.08 bits per heavy atom. The number of Topliss-reactive ketones (excluding diaryl/α,β-unsaturated/α-hetero) is 1. The number of hydrogen-bond acceptors (Lipinski definition) is 3. The average Bonchev–Trinajstić information content (AvgIpc) is 3.04. The Hall–Kier alpha value is -2.51. The van der Waals surface area contributed by atoms with E-state index in [0.717, 1.165) is 21.4 Å². The molecule has 0 unspecified atom stereocenters. The number of halogens is 1. The first-order valence-electron chi connectivity index (χ1n) is 7.95. The first-order valence-corrected chi connectivity index (χ1v) is 9.15. The first-order chi connectivity index (χ1) is 12.5. The van der Waals surface area contributed by atoms with Crippen LogP contribution in [-0.4, -0.2) is 20.7 Å². The standard InChI is InChI=1S/C19H17BrN4OS/c1-13(25)15-4-8-17(9-5-15)22-19(26)23-18-10-21-24(12-18)11-14-2-6-16(20)7-3-14/h2-10,12H,11H2,1H3,(H2,22,23,26). The minimum absolute atomic E-state index is 0.0374. The van der Waals surface area contributed by atoms with Gasteiger partial charge in [-0.3, -0.25) is 9.48 Å². The van der Waals surface area contributed by atoms with Gasteiger partial charge in [-0.1, -0.05) is 28.1 Å². The largest absolute Gasteiger partial charge is 0.332 e. The molecule has 0 atom stereocenters. The van der Waals surface area contributed by atoms with Crippen LogP contribution >= 0.6 is 28.1 Å². The molecule has 0 spiro atoms. The summed E-state index contributed by atoms with van der Waals surface area (Å²) < 4.78 is 2.90. The fourth-order valence-corrected chi connectivity index (χ4v) is 2.87. The molecule has 0 aliphatic rings. The number of hydrogen-bond donors (Lipinski definition) is 2. The smallest absolute Gasteiger partial charge is 0.175 e. The van der Waals surface area contributed by atoms with E-state index in [2.05, 4.69) is 43.8 Å². The molecular weight excluding hydrogens is 412 g/mol. The van der Waals surface area contributed by atoms with Crippen molar-refractivity contribution in [2.75, 3.05) is 10.6 Å². The van der Waals surface area contributed by atoms with Crippen molar-refractivity contribution in [3.63, 3.8) is 0 Å². The third-order valence-electron chi connectivity index (χ3n) is 3.70. The first kappa shape index (κ1) is 18.3. The maximum Gasteiger partial charge on any atom is 0.175 e. The zero-order valence-corrected chi connectivity index (χ0v) is 16.5. The van der Waals surface area contributed by atoms with E-state index in [4.69, 9.17) is 12.2 Å². The van der Waals surface area contributed by atoms with Crippen molar-refractivity contribution in [1.29, 1.82) is 0 Å². The zero-order valence-electron chi connectivity index (χ0n) is 14.1. The summed E-state index contributed by atoms with van der Waals surface area (Å²) in [6.45, 7) is 2.22. The van der Waals surface area contributed by atoms with E-state index in [9.17, 15) is 4.79 Å². The van der Waals surface area contributed by atoms with E-state index >= 15 is 0 Å². The highest BCUT2D eigenvalue weighted by molar-refractivity contribution is 9.10. The van der Waals surface area contributed by atoms with Gasteiger partial charge < -0.3 is 10.6 Å². The summed E-state index contributed by atoms with van der Waals surface area (Å²) in [5, 5.41) is 11.0. The van der Waals surface area contributed by atoms with Crippen molar-refractivity contribution in [3.8, 4) is 0 Å². The number of benzene rings is 2. The maximum absolute atomic E-state index is 11.3. The minimum atomic E-state index is 0.0374. The van der Waals surface area contributed by atoms with E-state index in [-0.39, 0.29) is 5.78 Å². The molecule has 0 aliphatic heterocycles. The number of thiocarbonyl (C=S) groups is 1. The lowest BCUT2D eigenvalue weighted by molar-refractivity contribution is 0.101. The van der Waals surface area contributed by atoms with Crippen LogP contribution < -0.4 is 10.6 Å². The monoisotopic (exact) mass is 428 g/mol. The Morgan fingerprint density at radius 2 is 1.73 bits per heavy atom. The molecule has 2 N–H and O–H groups in total. The van der Waals surface area contributed by atoms with Gasteiger partial charge in [-0.05, 0) is 61.1 Å². The molecule has 3 aromatic rings. The number of aromatic nitrogens is 2. The molecule has 5 nitrogen and oxygen atoms in total. The van der Waals surface area contributed by atoms with Gasteiger partial charge >= 0.3 is 0 Å². The van der Waals surface area contributed by atoms with Crippen LogP contribution in [0.1, 0.15) is 22.8 Å². The van der Waals surface area contributed by atoms with E-state index < -0.39 is 0 Å². The van der Waals surface area contributed by atoms with Gasteiger partial charge in [0.1, 0.15) is 0 Å². The van der Waals surface area contributed by atoms with Crippen molar-refractivity contribution >= 4 is 50.4 Å². The van der Waals surface area contributed by atoms with Crippen LogP contribution in [0.25, 0.3) is 0 Å². The topological polar surface area (TPSA) is 59.0 Å². The summed E-state index contributed by atoms with van der Waals surface area (Å²) >= 11 is 8.75. The average molecular weight is 429 g/mol. The molecule has 1 aromatic heterocycles. The lowest BCUT2D eigenvalue weighted by Gasteiger charge is -2.09. The Morgan fingerprint density at radius 3 is 2.38 bits per heavy atom. The minimum Gasteiger partial charge on any atom is -0.332 e. The molecule has 7 heteroatoms. The third kappa shape index (κ3) is 5.00. The molecule has 0 aliphatic carbocycles. The van der Waals surface area contributed by atoms with Gasteiger partial charge in [0, 0.05) is 21.9 Å². The molecule has 0 saturated heterocycles. The van der Waals surface area contributed by atoms with Gasteiger partial charge in [-0.2, -0.15) is 5.10 Å². The Balaban J connectivity index is 1.57. The summed E-state index contributed by atoms with van der Waals surface area (Å²) in [6, 6.07) is 15.3. The molecule has 132 valence electrons. The van der Waals surface area contributed by atoms with Crippen LogP contribution in [0.4, 0.5) is 11.4 Å². The van der Waals surface area contributed by atoms with Gasteiger partial charge in [0.15, 0.2) is 10.9 Å². The van der Waals surface area contributed by atoms with Crippen molar-refractivity contribution in [2.45, 2.75) is 13.5 Å². The second-order valence-corrected chi connectivity index (χ2v) is 7.09. The molecule has 2 aromatic carbocycles. The van der Waals surface area contributed by atoms with Crippen molar-refractivity contribution in [1.82, 2.24) is 9.78 Å². The molecule has 1 heterocycles. The highest BCUT2D eigenvalue weighted by Gasteiger charge is 2.04. The van der Waals surface area contributed by atoms with E-state index in [1.165, 1.54) is 0 Å². The highest BCUT2D eigenvalue weighted by Crippen LogP contribution is 2.14. The molecule has 3 rings (SSSR count). The lowest BCUT2D eigenvalue weighted by Crippen LogP contribution is -2.18. The molecule has 0 amide bonds. The molecule has 0 bridgehead atoms. The van der Waals surface area contributed by atoms with Crippen LogP contribution in [0.3, 0.4) is 0 Å². The molecule has 0 radical (unpaired) electrons. The summed E-state index contributed by atoms with van der Waals surface area (Å²) in [7, 11) is 0. The van der Waals surface area contributed by atoms with Crippen LogP contribution in [0, 0.1) is 0 Å². The Bertz CT molecular complexity index is 919. The number of carbonyl (C=O) groups excluding carboxylic acids is 1. The fourth-order valence-electron chi connectivity index (χ4n) is 2.37. The van der Waals surface area contributed by atoms with Crippen molar-refractivity contribution in [2.24, 2.45) is 0 Å². The van der Waals surface area contributed by atoms with Crippen molar-refractivity contribution < 1.29 is 4.79 Å². The number of nitrogens with one attached hydrogen (secondary N) is 2. The van der Waals surface area contributed by atoms with E-state index in [0.29, 0.717) is 17.2 Å². The fraction of sp³-hybridized carbons (Fsp3) is 0.105. The van der Waals surface area contributed by atoms with Crippen molar-refractivity contribution in [3.05, 3.63) is 76.5 Å². The SMILES string of the molecule is CC(=O)c1ccc(NC(=S)Nc2cnn(Cc3ccc(Br)cc3)c2)cc1. The zero-order chi connectivity index (χ0) is 18.5. The molecule has 26 heavy (non-hydrogen) atoms. The summed E-state index contributed by atoms with van der Waals surface area (Å²) in [6.07, 6.45) is 3.63. The van der Waals surface area contributed by atoms with E-state index in [1.54, 1.807) is 25.3 Å². The predicted octanol–water partition coefficient (Wildman–Crippen LogP) is 4.71. The Labute approximate surface area is 165 Å². The quantitative estimate of drug-likeness (QED) is 0.455. The van der Waals surface area contributed by atoms with Gasteiger partial charge in [-0.15, -0.1) is 0 Å². The maximum atomic E-state index is 11.3. The number of ketones is 1. The Kier molecular flexibility index (Phi) is 5.80. The summed E-state index contributed by atoms with van der Waals surface area (Å²) in [5.74, 6) is 0.0374. The van der Waals surface area contributed by atoms with Crippen LogP contribution in [0.5, 0.6) is 0 Å². The number of anilines is 2.